The number of hydrogen-bond acceptors (Lipinski definition) is 4. The SMILES string of the molecule is CCN(CCO)C(=O)C(c1ccccc1)N1CCN(C)CC1. The fraction of sp³-hybridized carbons (Fsp3) is 0.588. The van der Waals surface area contributed by atoms with Crippen LogP contribution in [0, 0.1) is 0 Å². The molecule has 5 heteroatoms. The van der Waals surface area contributed by atoms with E-state index in [1.165, 1.54) is 0 Å². The number of piperazine rings is 1. The first-order valence-electron chi connectivity index (χ1n) is 8.04. The van der Waals surface area contributed by atoms with Crippen molar-refractivity contribution in [1.82, 2.24) is 14.7 Å². The van der Waals surface area contributed by atoms with Crippen molar-refractivity contribution >= 4 is 5.91 Å². The van der Waals surface area contributed by atoms with Crippen LogP contribution in [0.4, 0.5) is 0 Å². The summed E-state index contributed by atoms with van der Waals surface area (Å²) in [5, 5.41) is 9.20. The maximum absolute atomic E-state index is 13.0. The van der Waals surface area contributed by atoms with E-state index >= 15 is 0 Å². The lowest BCUT2D eigenvalue weighted by atomic mass is 10.0. The summed E-state index contributed by atoms with van der Waals surface area (Å²) in [5.74, 6) is 0.0901. The molecule has 0 spiro atoms. The summed E-state index contributed by atoms with van der Waals surface area (Å²) in [6.07, 6.45) is 0. The van der Waals surface area contributed by atoms with Crippen LogP contribution >= 0.6 is 0 Å². The van der Waals surface area contributed by atoms with Crippen LogP contribution in [0.1, 0.15) is 18.5 Å². The van der Waals surface area contributed by atoms with Crippen LogP contribution in [0.3, 0.4) is 0 Å². The molecule has 0 aromatic heterocycles. The Morgan fingerprint density at radius 3 is 2.41 bits per heavy atom. The van der Waals surface area contributed by atoms with E-state index in [2.05, 4.69) is 16.8 Å². The Kier molecular flexibility index (Phi) is 6.36. The second-order valence-corrected chi connectivity index (χ2v) is 5.79. The lowest BCUT2D eigenvalue weighted by Gasteiger charge is -2.39. The summed E-state index contributed by atoms with van der Waals surface area (Å²) in [5.41, 5.74) is 1.04. The van der Waals surface area contributed by atoms with Gasteiger partial charge in [-0.25, -0.2) is 0 Å². The monoisotopic (exact) mass is 305 g/mol. The van der Waals surface area contributed by atoms with Gasteiger partial charge in [0, 0.05) is 39.3 Å². The zero-order chi connectivity index (χ0) is 15.9. The van der Waals surface area contributed by atoms with Gasteiger partial charge in [-0.05, 0) is 19.5 Å². The average Bonchev–Trinajstić information content (AvgIpc) is 2.55. The van der Waals surface area contributed by atoms with Crippen LogP contribution in [0.15, 0.2) is 30.3 Å². The molecule has 1 aromatic carbocycles. The van der Waals surface area contributed by atoms with Crippen molar-refractivity contribution in [2.75, 3.05) is 52.9 Å². The van der Waals surface area contributed by atoms with Crippen LogP contribution in [0.5, 0.6) is 0 Å². The molecule has 1 N–H and O–H groups in total. The standard InChI is InChI=1S/C17H27N3O2/c1-3-19(13-14-21)17(22)16(15-7-5-4-6-8-15)20-11-9-18(2)10-12-20/h4-8,16,21H,3,9-14H2,1-2H3. The van der Waals surface area contributed by atoms with Crippen LogP contribution in [-0.2, 0) is 4.79 Å². The minimum Gasteiger partial charge on any atom is -0.395 e. The number of carbonyl (C=O) groups is 1. The highest BCUT2D eigenvalue weighted by Crippen LogP contribution is 2.24. The van der Waals surface area contributed by atoms with E-state index in [1.807, 2.05) is 37.3 Å². The van der Waals surface area contributed by atoms with Crippen LogP contribution in [-0.4, -0.2) is 78.6 Å². The molecule has 1 atom stereocenters. The zero-order valence-electron chi connectivity index (χ0n) is 13.6. The van der Waals surface area contributed by atoms with Crippen molar-refractivity contribution in [2.45, 2.75) is 13.0 Å². The number of rotatable bonds is 6. The maximum Gasteiger partial charge on any atom is 0.244 e. The van der Waals surface area contributed by atoms with Crippen molar-refractivity contribution < 1.29 is 9.90 Å². The number of benzene rings is 1. The van der Waals surface area contributed by atoms with Gasteiger partial charge in [0.15, 0.2) is 0 Å². The highest BCUT2D eigenvalue weighted by molar-refractivity contribution is 5.83. The van der Waals surface area contributed by atoms with Crippen molar-refractivity contribution in [3.8, 4) is 0 Å². The molecule has 122 valence electrons. The second-order valence-electron chi connectivity index (χ2n) is 5.79. The Morgan fingerprint density at radius 2 is 1.86 bits per heavy atom. The van der Waals surface area contributed by atoms with E-state index in [0.29, 0.717) is 13.1 Å². The third kappa shape index (κ3) is 4.06. The molecule has 5 nitrogen and oxygen atoms in total. The highest BCUT2D eigenvalue weighted by atomic mass is 16.3. The van der Waals surface area contributed by atoms with Gasteiger partial charge < -0.3 is 14.9 Å². The lowest BCUT2D eigenvalue weighted by molar-refractivity contribution is -0.138. The first-order valence-corrected chi connectivity index (χ1v) is 8.04. The summed E-state index contributed by atoms with van der Waals surface area (Å²) in [4.78, 5) is 19.3. The lowest BCUT2D eigenvalue weighted by Crippen LogP contribution is -2.51. The van der Waals surface area contributed by atoms with Crippen LogP contribution in [0.25, 0.3) is 0 Å². The van der Waals surface area contributed by atoms with Gasteiger partial charge in [-0.3, -0.25) is 9.69 Å². The van der Waals surface area contributed by atoms with Gasteiger partial charge in [0.25, 0.3) is 0 Å². The van der Waals surface area contributed by atoms with Gasteiger partial charge in [-0.15, -0.1) is 0 Å². The van der Waals surface area contributed by atoms with Gasteiger partial charge in [0.1, 0.15) is 6.04 Å². The molecule has 1 saturated heterocycles. The highest BCUT2D eigenvalue weighted by Gasteiger charge is 2.32. The summed E-state index contributed by atoms with van der Waals surface area (Å²) in [6, 6.07) is 9.73. The van der Waals surface area contributed by atoms with Gasteiger partial charge in [0.2, 0.25) is 5.91 Å². The molecular weight excluding hydrogens is 278 g/mol. The molecule has 0 saturated carbocycles. The number of amides is 1. The Morgan fingerprint density at radius 1 is 1.23 bits per heavy atom. The van der Waals surface area contributed by atoms with Gasteiger partial charge >= 0.3 is 0 Å². The van der Waals surface area contributed by atoms with Gasteiger partial charge in [-0.2, -0.15) is 0 Å². The Hall–Kier alpha value is -1.43. The smallest absolute Gasteiger partial charge is 0.244 e. The quantitative estimate of drug-likeness (QED) is 0.845. The number of carbonyl (C=O) groups excluding carboxylic acids is 1. The third-order valence-electron chi connectivity index (χ3n) is 4.32. The number of likely N-dealkylation sites (N-methyl/N-ethyl adjacent to an activating group) is 2. The number of aliphatic hydroxyl groups is 1. The van der Waals surface area contributed by atoms with Crippen molar-refractivity contribution in [3.63, 3.8) is 0 Å². The van der Waals surface area contributed by atoms with Crippen molar-refractivity contribution in [2.24, 2.45) is 0 Å². The van der Waals surface area contributed by atoms with E-state index < -0.39 is 0 Å². The van der Waals surface area contributed by atoms with Crippen molar-refractivity contribution in [1.29, 1.82) is 0 Å². The van der Waals surface area contributed by atoms with E-state index in [1.54, 1.807) is 4.90 Å². The average molecular weight is 305 g/mol. The van der Waals surface area contributed by atoms with Crippen LogP contribution < -0.4 is 0 Å². The molecule has 1 unspecified atom stereocenters. The molecule has 1 aliphatic rings. The van der Waals surface area contributed by atoms with Crippen LogP contribution in [0.2, 0.25) is 0 Å². The maximum atomic E-state index is 13.0. The summed E-state index contributed by atoms with van der Waals surface area (Å²) in [7, 11) is 2.11. The van der Waals surface area contributed by atoms with E-state index in [-0.39, 0.29) is 18.6 Å². The molecule has 22 heavy (non-hydrogen) atoms. The van der Waals surface area contributed by atoms with Gasteiger partial charge in [-0.1, -0.05) is 30.3 Å². The first kappa shape index (κ1) is 16.9. The van der Waals surface area contributed by atoms with E-state index in [9.17, 15) is 9.90 Å². The molecule has 1 aliphatic heterocycles. The molecule has 2 rings (SSSR count). The molecule has 0 bridgehead atoms. The summed E-state index contributed by atoms with van der Waals surface area (Å²) in [6.45, 7) is 6.70. The zero-order valence-corrected chi connectivity index (χ0v) is 13.6. The van der Waals surface area contributed by atoms with E-state index in [4.69, 9.17) is 0 Å². The fourth-order valence-electron chi connectivity index (χ4n) is 2.94. The molecule has 0 aliphatic carbocycles. The van der Waals surface area contributed by atoms with Gasteiger partial charge in [0.05, 0.1) is 6.61 Å². The Labute approximate surface area is 133 Å². The predicted octanol–water partition coefficient (Wildman–Crippen LogP) is 0.816. The predicted molar refractivity (Wildman–Crippen MR) is 87.6 cm³/mol. The molecule has 1 fully saturated rings. The Balaban J connectivity index is 2.23. The fourth-order valence-corrected chi connectivity index (χ4v) is 2.94. The molecular formula is C17H27N3O2. The minimum absolute atomic E-state index is 0.00380. The number of hydrogen-bond donors (Lipinski definition) is 1. The number of nitrogens with zero attached hydrogens (tertiary/aromatic N) is 3. The molecule has 0 radical (unpaired) electrons. The summed E-state index contributed by atoms with van der Waals surface area (Å²) >= 11 is 0. The molecule has 1 heterocycles. The second kappa shape index (κ2) is 8.27. The Bertz CT molecular complexity index is 458. The normalized spacial score (nSPS) is 18.1. The third-order valence-corrected chi connectivity index (χ3v) is 4.32. The first-order chi connectivity index (χ1) is 10.7. The topological polar surface area (TPSA) is 47.0 Å². The summed E-state index contributed by atoms with van der Waals surface area (Å²) < 4.78 is 0. The molecule has 1 amide bonds. The molecule has 1 aromatic rings. The van der Waals surface area contributed by atoms with Crippen molar-refractivity contribution in [3.05, 3.63) is 35.9 Å². The number of aliphatic hydroxyl groups excluding tert-OH is 1. The minimum atomic E-state index is -0.249. The van der Waals surface area contributed by atoms with E-state index in [0.717, 1.165) is 31.7 Å². The largest absolute Gasteiger partial charge is 0.395 e.